The Hall–Kier alpha value is -1.96. The van der Waals surface area contributed by atoms with E-state index in [9.17, 15) is 20.0 Å². The molecule has 2 N–H and O–H groups in total. The molecule has 130 valence electrons. The van der Waals surface area contributed by atoms with E-state index in [1.165, 1.54) is 26.0 Å². The second-order valence-electron chi connectivity index (χ2n) is 6.80. The molecular weight excluding hydrogens is 316 g/mol. The summed E-state index contributed by atoms with van der Waals surface area (Å²) in [6.07, 6.45) is 1.49. The molecule has 0 radical (unpaired) electrons. The van der Waals surface area contributed by atoms with Crippen LogP contribution in [-0.4, -0.2) is 45.7 Å². The van der Waals surface area contributed by atoms with Crippen molar-refractivity contribution in [1.82, 2.24) is 0 Å². The van der Waals surface area contributed by atoms with Crippen LogP contribution in [0.4, 0.5) is 0 Å². The van der Waals surface area contributed by atoms with Crippen LogP contribution in [0.2, 0.25) is 0 Å². The zero-order chi connectivity index (χ0) is 17.9. The van der Waals surface area contributed by atoms with Gasteiger partial charge in [-0.2, -0.15) is 0 Å². The van der Waals surface area contributed by atoms with Crippen molar-refractivity contribution in [3.05, 3.63) is 36.5 Å². The van der Waals surface area contributed by atoms with Gasteiger partial charge in [0.05, 0.1) is 17.4 Å². The molecular formula is C17H20O7. The van der Waals surface area contributed by atoms with Crippen LogP contribution < -0.4 is 0 Å². The summed E-state index contributed by atoms with van der Waals surface area (Å²) in [5, 5.41) is 20.4. The topological polar surface area (TPSA) is 102 Å². The molecule has 0 amide bonds. The van der Waals surface area contributed by atoms with E-state index in [0.717, 1.165) is 0 Å². The summed E-state index contributed by atoms with van der Waals surface area (Å²) in [5.74, 6) is -2.65. The molecule has 7 heteroatoms. The SMILES string of the molecule is C=C1C(=O)O[C@H]2[C@H]1[C@@H](OC(C)=O)CC(=C)[C@@]1(OO)C=C[C@](C)(O)[C@H]21. The van der Waals surface area contributed by atoms with E-state index in [4.69, 9.17) is 14.4 Å². The molecule has 1 saturated heterocycles. The molecule has 1 saturated carbocycles. The number of ether oxygens (including phenoxy) is 2. The lowest BCUT2D eigenvalue weighted by Gasteiger charge is -2.39. The van der Waals surface area contributed by atoms with E-state index >= 15 is 0 Å². The minimum Gasteiger partial charge on any atom is -0.461 e. The first-order valence-electron chi connectivity index (χ1n) is 7.64. The molecule has 0 unspecified atom stereocenters. The summed E-state index contributed by atoms with van der Waals surface area (Å²) in [4.78, 5) is 28.3. The Morgan fingerprint density at radius 3 is 2.67 bits per heavy atom. The molecule has 6 atom stereocenters. The summed E-state index contributed by atoms with van der Waals surface area (Å²) in [6.45, 7) is 10.5. The van der Waals surface area contributed by atoms with Gasteiger partial charge < -0.3 is 14.6 Å². The van der Waals surface area contributed by atoms with Crippen molar-refractivity contribution in [2.45, 2.75) is 43.7 Å². The molecule has 7 nitrogen and oxygen atoms in total. The maximum Gasteiger partial charge on any atom is 0.334 e. The van der Waals surface area contributed by atoms with Gasteiger partial charge in [0.2, 0.25) is 0 Å². The largest absolute Gasteiger partial charge is 0.461 e. The van der Waals surface area contributed by atoms with Gasteiger partial charge in [0.15, 0.2) is 5.60 Å². The Morgan fingerprint density at radius 1 is 1.42 bits per heavy atom. The number of carbonyl (C=O) groups is 2. The third-order valence-corrected chi connectivity index (χ3v) is 5.22. The van der Waals surface area contributed by atoms with Crippen LogP contribution in [0.1, 0.15) is 20.3 Å². The van der Waals surface area contributed by atoms with Crippen LogP contribution >= 0.6 is 0 Å². The first-order chi connectivity index (χ1) is 11.1. The van der Waals surface area contributed by atoms with Gasteiger partial charge in [-0.05, 0) is 18.6 Å². The lowest BCUT2D eigenvalue weighted by molar-refractivity contribution is -0.320. The first-order valence-corrected chi connectivity index (χ1v) is 7.64. The van der Waals surface area contributed by atoms with Crippen LogP contribution in [0.3, 0.4) is 0 Å². The summed E-state index contributed by atoms with van der Waals surface area (Å²) < 4.78 is 10.8. The predicted molar refractivity (Wildman–Crippen MR) is 81.5 cm³/mol. The highest BCUT2D eigenvalue weighted by molar-refractivity contribution is 5.91. The molecule has 0 aromatic heterocycles. The molecule has 3 aliphatic rings. The van der Waals surface area contributed by atoms with Crippen molar-refractivity contribution in [3.63, 3.8) is 0 Å². The van der Waals surface area contributed by atoms with Crippen molar-refractivity contribution < 1.29 is 34.3 Å². The summed E-state index contributed by atoms with van der Waals surface area (Å²) >= 11 is 0. The lowest BCUT2D eigenvalue weighted by atomic mass is 9.73. The average Bonchev–Trinajstić information content (AvgIpc) is 2.88. The van der Waals surface area contributed by atoms with E-state index in [2.05, 4.69) is 13.2 Å². The molecule has 24 heavy (non-hydrogen) atoms. The van der Waals surface area contributed by atoms with Gasteiger partial charge in [-0.25, -0.2) is 9.68 Å². The normalized spacial score (nSPS) is 43.9. The van der Waals surface area contributed by atoms with Crippen LogP contribution in [0.5, 0.6) is 0 Å². The zero-order valence-electron chi connectivity index (χ0n) is 13.5. The quantitative estimate of drug-likeness (QED) is 0.256. The van der Waals surface area contributed by atoms with E-state index < -0.39 is 47.2 Å². The van der Waals surface area contributed by atoms with Crippen molar-refractivity contribution in [1.29, 1.82) is 0 Å². The first kappa shape index (κ1) is 16.9. The number of aliphatic hydroxyl groups is 1. The second kappa shape index (κ2) is 5.27. The molecule has 0 aromatic rings. The maximum atomic E-state index is 12.1. The Kier molecular flexibility index (Phi) is 3.71. The number of fused-ring (bicyclic) bond motifs is 3. The summed E-state index contributed by atoms with van der Waals surface area (Å²) in [6, 6.07) is 0. The summed E-state index contributed by atoms with van der Waals surface area (Å²) in [7, 11) is 0. The van der Waals surface area contributed by atoms with Crippen LogP contribution in [0.15, 0.2) is 36.5 Å². The van der Waals surface area contributed by atoms with Crippen LogP contribution in [0.25, 0.3) is 0 Å². The van der Waals surface area contributed by atoms with Gasteiger partial charge in [-0.15, -0.1) is 0 Å². The van der Waals surface area contributed by atoms with Crippen molar-refractivity contribution in [3.8, 4) is 0 Å². The standard InChI is InChI=1S/C17H20O7/c1-8-7-11(22-10(3)18)12-9(2)15(19)23-13(12)14-16(4,20)5-6-17(8,14)24-21/h5-6,11-14,20-21H,1-2,7H2,3-4H3/t11-,12+,13-,14-,16-,17-/m0/s1. The Morgan fingerprint density at radius 2 is 2.08 bits per heavy atom. The Bertz CT molecular complexity index is 662. The van der Waals surface area contributed by atoms with Crippen molar-refractivity contribution in [2.75, 3.05) is 0 Å². The van der Waals surface area contributed by atoms with Gasteiger partial charge in [0.25, 0.3) is 0 Å². The molecule has 2 fully saturated rings. The van der Waals surface area contributed by atoms with Gasteiger partial charge in [0, 0.05) is 18.9 Å². The van der Waals surface area contributed by atoms with Gasteiger partial charge in [-0.3, -0.25) is 10.1 Å². The van der Waals surface area contributed by atoms with Gasteiger partial charge >= 0.3 is 11.9 Å². The molecule has 0 bridgehead atoms. The van der Waals surface area contributed by atoms with E-state index in [-0.39, 0.29) is 12.0 Å². The molecule has 0 spiro atoms. The number of hydrogen-bond acceptors (Lipinski definition) is 7. The smallest absolute Gasteiger partial charge is 0.334 e. The van der Waals surface area contributed by atoms with Crippen molar-refractivity contribution in [2.24, 2.45) is 11.8 Å². The number of carbonyl (C=O) groups excluding carboxylic acids is 2. The summed E-state index contributed by atoms with van der Waals surface area (Å²) in [5.41, 5.74) is -2.29. The molecule has 0 aromatic carbocycles. The third kappa shape index (κ3) is 2.16. The second-order valence-corrected chi connectivity index (χ2v) is 6.80. The highest BCUT2D eigenvalue weighted by atomic mass is 17.1. The van der Waals surface area contributed by atoms with Crippen LogP contribution in [0, 0.1) is 11.8 Å². The fourth-order valence-electron chi connectivity index (χ4n) is 4.18. The molecule has 2 aliphatic carbocycles. The minimum atomic E-state index is -1.44. The lowest BCUT2D eigenvalue weighted by Crippen LogP contribution is -2.52. The maximum absolute atomic E-state index is 12.1. The fraction of sp³-hybridized carbons (Fsp3) is 0.529. The van der Waals surface area contributed by atoms with E-state index in [1.54, 1.807) is 0 Å². The molecule has 1 heterocycles. The highest BCUT2D eigenvalue weighted by Crippen LogP contribution is 2.55. The minimum absolute atomic E-state index is 0.133. The highest BCUT2D eigenvalue weighted by Gasteiger charge is 2.65. The predicted octanol–water partition coefficient (Wildman–Crippen LogP) is 1.14. The van der Waals surface area contributed by atoms with Gasteiger partial charge in [-0.1, -0.05) is 19.2 Å². The number of esters is 2. The number of hydrogen-bond donors (Lipinski definition) is 2. The van der Waals surface area contributed by atoms with Crippen LogP contribution in [-0.2, 0) is 24.0 Å². The van der Waals surface area contributed by atoms with E-state index in [1.807, 2.05) is 0 Å². The Balaban J connectivity index is 2.15. The number of rotatable bonds is 2. The van der Waals surface area contributed by atoms with Gasteiger partial charge in [0.1, 0.15) is 12.2 Å². The fourth-order valence-corrected chi connectivity index (χ4v) is 4.18. The third-order valence-electron chi connectivity index (χ3n) is 5.22. The molecule has 1 aliphatic heterocycles. The average molecular weight is 336 g/mol. The monoisotopic (exact) mass is 336 g/mol. The van der Waals surface area contributed by atoms with E-state index in [0.29, 0.717) is 5.57 Å². The molecule has 3 rings (SSSR count). The van der Waals surface area contributed by atoms with Crippen molar-refractivity contribution >= 4 is 11.9 Å². The Labute approximate surface area is 139 Å². The zero-order valence-corrected chi connectivity index (χ0v) is 13.5.